The van der Waals surface area contributed by atoms with E-state index in [4.69, 9.17) is 0 Å². The molecular formula is C13H13FN2O. The van der Waals surface area contributed by atoms with Gasteiger partial charge in [-0.15, -0.1) is 0 Å². The average Bonchev–Trinajstić information content (AvgIpc) is 2.70. The number of amides is 1. The molecule has 1 aliphatic rings. The van der Waals surface area contributed by atoms with Crippen molar-refractivity contribution in [3.8, 4) is 11.8 Å². The second-order valence-electron chi connectivity index (χ2n) is 4.04. The molecule has 0 saturated carbocycles. The van der Waals surface area contributed by atoms with Crippen molar-refractivity contribution >= 4 is 5.91 Å². The van der Waals surface area contributed by atoms with Crippen molar-refractivity contribution in [1.82, 2.24) is 9.88 Å². The Hall–Kier alpha value is -1.89. The zero-order valence-corrected chi connectivity index (χ0v) is 9.66. The Morgan fingerprint density at radius 2 is 2.41 bits per heavy atom. The Kier molecular flexibility index (Phi) is 3.38. The lowest BCUT2D eigenvalue weighted by molar-refractivity contribution is -0.127. The molecule has 1 aliphatic heterocycles. The Labute approximate surface area is 99.7 Å². The van der Waals surface area contributed by atoms with Gasteiger partial charge < -0.3 is 4.90 Å². The molecule has 1 aromatic rings. The maximum atomic E-state index is 13.0. The van der Waals surface area contributed by atoms with Gasteiger partial charge in [-0.25, -0.2) is 9.37 Å². The van der Waals surface area contributed by atoms with E-state index < -0.39 is 0 Å². The van der Waals surface area contributed by atoms with Crippen LogP contribution in [-0.4, -0.2) is 28.9 Å². The first-order valence-electron chi connectivity index (χ1n) is 5.55. The van der Waals surface area contributed by atoms with E-state index in [1.54, 1.807) is 17.9 Å². The number of carbonyl (C=O) groups excluding carboxylic acids is 1. The summed E-state index contributed by atoms with van der Waals surface area (Å²) >= 11 is 0. The molecular weight excluding hydrogens is 219 g/mol. The Morgan fingerprint density at radius 1 is 1.59 bits per heavy atom. The molecule has 3 nitrogen and oxygen atoms in total. The predicted octanol–water partition coefficient (Wildman–Crippen LogP) is 1.50. The lowest BCUT2D eigenvalue weighted by atomic mass is 10.2. The molecule has 2 rings (SSSR count). The molecule has 1 amide bonds. The number of carbonyl (C=O) groups is 1. The molecule has 0 N–H and O–H groups in total. The van der Waals surface area contributed by atoms with E-state index in [0.29, 0.717) is 24.2 Å². The second-order valence-corrected chi connectivity index (χ2v) is 4.04. The monoisotopic (exact) mass is 232 g/mol. The van der Waals surface area contributed by atoms with Crippen molar-refractivity contribution in [2.75, 3.05) is 13.1 Å². The van der Waals surface area contributed by atoms with Crippen molar-refractivity contribution in [1.29, 1.82) is 0 Å². The molecule has 88 valence electrons. The van der Waals surface area contributed by atoms with E-state index in [1.165, 1.54) is 6.20 Å². The summed E-state index contributed by atoms with van der Waals surface area (Å²) < 4.78 is 13.0. The van der Waals surface area contributed by atoms with Crippen LogP contribution in [0.25, 0.3) is 0 Å². The van der Waals surface area contributed by atoms with Crippen LogP contribution in [0.15, 0.2) is 12.3 Å². The highest BCUT2D eigenvalue weighted by atomic mass is 19.1. The molecule has 0 atom stereocenters. The standard InChI is InChI=1S/C13H13FN2O/c1-10-8-11(15-9-12(10)14)4-2-6-16-7-3-5-13(16)17/h8-9H,3,5-7H2,1H3. The van der Waals surface area contributed by atoms with E-state index in [0.717, 1.165) is 13.0 Å². The Bertz CT molecular complexity index is 502. The van der Waals surface area contributed by atoms with Crippen molar-refractivity contribution in [3.63, 3.8) is 0 Å². The fourth-order valence-electron chi connectivity index (χ4n) is 1.70. The van der Waals surface area contributed by atoms with Gasteiger partial charge in [0.1, 0.15) is 11.5 Å². The average molecular weight is 232 g/mol. The summed E-state index contributed by atoms with van der Waals surface area (Å²) in [4.78, 5) is 16.9. The van der Waals surface area contributed by atoms with Crippen LogP contribution in [0.3, 0.4) is 0 Å². The largest absolute Gasteiger partial charge is 0.332 e. The summed E-state index contributed by atoms with van der Waals surface area (Å²) in [7, 11) is 0. The summed E-state index contributed by atoms with van der Waals surface area (Å²) in [5, 5.41) is 0. The van der Waals surface area contributed by atoms with E-state index in [2.05, 4.69) is 16.8 Å². The number of halogens is 1. The van der Waals surface area contributed by atoms with E-state index in [9.17, 15) is 9.18 Å². The van der Waals surface area contributed by atoms with Crippen molar-refractivity contribution in [2.45, 2.75) is 19.8 Å². The van der Waals surface area contributed by atoms with Crippen LogP contribution in [0, 0.1) is 24.6 Å². The third-order valence-electron chi connectivity index (χ3n) is 2.70. The van der Waals surface area contributed by atoms with Crippen LogP contribution in [0.1, 0.15) is 24.1 Å². The van der Waals surface area contributed by atoms with Crippen molar-refractivity contribution < 1.29 is 9.18 Å². The number of hydrogen-bond acceptors (Lipinski definition) is 2. The third-order valence-corrected chi connectivity index (χ3v) is 2.70. The molecule has 1 aromatic heterocycles. The molecule has 1 saturated heterocycles. The normalized spacial score (nSPS) is 14.7. The molecule has 1 fully saturated rings. The fourth-order valence-corrected chi connectivity index (χ4v) is 1.70. The van der Waals surface area contributed by atoms with Crippen LogP contribution in [0.5, 0.6) is 0 Å². The van der Waals surface area contributed by atoms with Crippen LogP contribution in [0.4, 0.5) is 4.39 Å². The van der Waals surface area contributed by atoms with Gasteiger partial charge in [0.05, 0.1) is 12.7 Å². The van der Waals surface area contributed by atoms with Gasteiger partial charge in [-0.3, -0.25) is 4.79 Å². The van der Waals surface area contributed by atoms with Crippen LogP contribution < -0.4 is 0 Å². The van der Waals surface area contributed by atoms with Crippen molar-refractivity contribution in [2.24, 2.45) is 0 Å². The summed E-state index contributed by atoms with van der Waals surface area (Å²) in [5.41, 5.74) is 1.07. The van der Waals surface area contributed by atoms with Gasteiger partial charge >= 0.3 is 0 Å². The third kappa shape index (κ3) is 2.82. The van der Waals surface area contributed by atoms with E-state index in [1.807, 2.05) is 0 Å². The smallest absolute Gasteiger partial charge is 0.223 e. The lowest BCUT2D eigenvalue weighted by Gasteiger charge is -2.09. The number of pyridine rings is 1. The highest BCUT2D eigenvalue weighted by Crippen LogP contribution is 2.08. The van der Waals surface area contributed by atoms with Crippen LogP contribution in [0.2, 0.25) is 0 Å². The highest BCUT2D eigenvalue weighted by molar-refractivity contribution is 5.78. The maximum Gasteiger partial charge on any atom is 0.223 e. The minimum Gasteiger partial charge on any atom is -0.332 e. The maximum absolute atomic E-state index is 13.0. The summed E-state index contributed by atoms with van der Waals surface area (Å²) in [6.07, 6.45) is 2.70. The topological polar surface area (TPSA) is 33.2 Å². The Balaban J connectivity index is 2.01. The van der Waals surface area contributed by atoms with E-state index in [-0.39, 0.29) is 11.7 Å². The SMILES string of the molecule is Cc1cc(C#CCN2CCCC2=O)ncc1F. The van der Waals surface area contributed by atoms with Crippen LogP contribution >= 0.6 is 0 Å². The van der Waals surface area contributed by atoms with Gasteiger partial charge in [-0.2, -0.15) is 0 Å². The first-order chi connectivity index (χ1) is 8.16. The molecule has 0 aromatic carbocycles. The van der Waals surface area contributed by atoms with Gasteiger partial charge in [0.25, 0.3) is 0 Å². The molecule has 4 heteroatoms. The number of hydrogen-bond donors (Lipinski definition) is 0. The molecule has 0 spiro atoms. The van der Waals surface area contributed by atoms with Gasteiger partial charge in [0.2, 0.25) is 5.91 Å². The van der Waals surface area contributed by atoms with Gasteiger partial charge in [-0.05, 0) is 30.9 Å². The zero-order valence-electron chi connectivity index (χ0n) is 9.66. The molecule has 17 heavy (non-hydrogen) atoms. The molecule has 2 heterocycles. The van der Waals surface area contributed by atoms with Gasteiger partial charge in [0, 0.05) is 13.0 Å². The van der Waals surface area contributed by atoms with Gasteiger partial charge in [-0.1, -0.05) is 5.92 Å². The molecule has 0 unspecified atom stereocenters. The number of nitrogens with zero attached hydrogens (tertiary/aromatic N) is 2. The minimum absolute atomic E-state index is 0.155. The lowest BCUT2D eigenvalue weighted by Crippen LogP contribution is -2.24. The number of rotatable bonds is 1. The number of likely N-dealkylation sites (tertiary alicyclic amines) is 1. The van der Waals surface area contributed by atoms with Gasteiger partial charge in [0.15, 0.2) is 0 Å². The fraction of sp³-hybridized carbons (Fsp3) is 0.385. The molecule has 0 bridgehead atoms. The number of aromatic nitrogens is 1. The van der Waals surface area contributed by atoms with Crippen LogP contribution in [-0.2, 0) is 4.79 Å². The second kappa shape index (κ2) is 4.96. The van der Waals surface area contributed by atoms with Crippen molar-refractivity contribution in [3.05, 3.63) is 29.3 Å². The zero-order chi connectivity index (χ0) is 12.3. The Morgan fingerprint density at radius 3 is 3.06 bits per heavy atom. The quantitative estimate of drug-likeness (QED) is 0.687. The first kappa shape index (κ1) is 11.6. The molecule has 0 radical (unpaired) electrons. The molecule has 0 aliphatic carbocycles. The predicted molar refractivity (Wildman–Crippen MR) is 61.6 cm³/mol. The van der Waals surface area contributed by atoms with E-state index >= 15 is 0 Å². The number of aryl methyl sites for hydroxylation is 1. The minimum atomic E-state index is -0.328. The summed E-state index contributed by atoms with van der Waals surface area (Å²) in [6.45, 7) is 2.88. The summed E-state index contributed by atoms with van der Waals surface area (Å²) in [5.74, 6) is 5.56. The highest BCUT2D eigenvalue weighted by Gasteiger charge is 2.18. The first-order valence-corrected chi connectivity index (χ1v) is 5.55. The summed E-state index contributed by atoms with van der Waals surface area (Å²) in [6, 6.07) is 1.61.